The second-order valence-corrected chi connectivity index (χ2v) is 3.45. The van der Waals surface area contributed by atoms with Crippen molar-refractivity contribution in [3.63, 3.8) is 0 Å². The average molecular weight is 176 g/mol. The molecular weight excluding hydrogens is 160 g/mol. The van der Waals surface area contributed by atoms with E-state index >= 15 is 0 Å². The van der Waals surface area contributed by atoms with E-state index in [0.29, 0.717) is 12.3 Å². The van der Waals surface area contributed by atoms with E-state index in [1.165, 1.54) is 11.8 Å². The van der Waals surface area contributed by atoms with Crippen molar-refractivity contribution in [2.75, 3.05) is 12.3 Å². The Balaban J connectivity index is 3.36. The molecule has 0 rings (SSSR count). The van der Waals surface area contributed by atoms with Crippen LogP contribution in [0.15, 0.2) is 0 Å². The summed E-state index contributed by atoms with van der Waals surface area (Å²) < 4.78 is 0. The zero-order valence-corrected chi connectivity index (χ0v) is 7.91. The van der Waals surface area contributed by atoms with Crippen molar-refractivity contribution in [1.29, 1.82) is 0 Å². The van der Waals surface area contributed by atoms with E-state index in [4.69, 9.17) is 5.73 Å². The molecule has 0 aromatic carbocycles. The van der Waals surface area contributed by atoms with Crippen LogP contribution in [-0.2, 0) is 0 Å². The van der Waals surface area contributed by atoms with Crippen molar-refractivity contribution in [3.05, 3.63) is 0 Å². The first kappa shape index (κ1) is 10.8. The van der Waals surface area contributed by atoms with Gasteiger partial charge in [0.1, 0.15) is 0 Å². The summed E-state index contributed by atoms with van der Waals surface area (Å²) in [5.41, 5.74) is 5.24. The van der Waals surface area contributed by atoms with E-state index in [2.05, 4.69) is 5.32 Å². The average Bonchev–Trinajstić information content (AvgIpc) is 2.00. The third-order valence-electron chi connectivity index (χ3n) is 1.33. The third-order valence-corrected chi connectivity index (χ3v) is 2.15. The molecule has 0 aromatic heterocycles. The number of thioether (sulfide) groups is 1. The molecule has 0 saturated carbocycles. The van der Waals surface area contributed by atoms with Gasteiger partial charge >= 0.3 is 0 Å². The molecule has 66 valence electrons. The fourth-order valence-corrected chi connectivity index (χ4v) is 1.08. The first-order chi connectivity index (χ1) is 5.20. The molecular formula is C7H16N2OS. The van der Waals surface area contributed by atoms with Crippen LogP contribution in [0.1, 0.15) is 20.3 Å². The fourth-order valence-electron chi connectivity index (χ4n) is 0.497. The van der Waals surface area contributed by atoms with E-state index in [1.54, 1.807) is 0 Å². The highest BCUT2D eigenvalue weighted by Gasteiger charge is 2.03. The Kier molecular flexibility index (Phi) is 6.36. The van der Waals surface area contributed by atoms with Gasteiger partial charge in [0.2, 0.25) is 0 Å². The molecule has 0 heterocycles. The minimum atomic E-state index is 0.0322. The summed E-state index contributed by atoms with van der Waals surface area (Å²) >= 11 is 1.25. The Morgan fingerprint density at radius 3 is 2.82 bits per heavy atom. The van der Waals surface area contributed by atoms with Gasteiger partial charge in [0.25, 0.3) is 5.24 Å². The van der Waals surface area contributed by atoms with Crippen molar-refractivity contribution >= 4 is 17.0 Å². The molecule has 0 saturated heterocycles. The zero-order chi connectivity index (χ0) is 8.69. The Morgan fingerprint density at radius 2 is 2.36 bits per heavy atom. The van der Waals surface area contributed by atoms with Crippen LogP contribution >= 0.6 is 11.8 Å². The summed E-state index contributed by atoms with van der Waals surface area (Å²) in [4.78, 5) is 11.0. The Hall–Kier alpha value is -0.220. The van der Waals surface area contributed by atoms with Crippen molar-refractivity contribution in [2.45, 2.75) is 26.3 Å². The highest BCUT2D eigenvalue weighted by atomic mass is 32.2. The van der Waals surface area contributed by atoms with Crippen molar-refractivity contribution in [2.24, 2.45) is 5.73 Å². The number of carbonyl (C=O) groups is 1. The van der Waals surface area contributed by atoms with Gasteiger partial charge in [-0.15, -0.1) is 0 Å². The molecule has 0 bridgehead atoms. The lowest BCUT2D eigenvalue weighted by Gasteiger charge is -2.09. The lowest BCUT2D eigenvalue weighted by Crippen LogP contribution is -2.29. The SMILES string of the molecule is CCC(C)NC(=O)SCCN. The maximum atomic E-state index is 11.0. The number of nitrogens with two attached hydrogens (primary N) is 1. The molecule has 1 unspecified atom stereocenters. The van der Waals surface area contributed by atoms with Crippen LogP contribution < -0.4 is 11.1 Å². The summed E-state index contributed by atoms with van der Waals surface area (Å²) in [6, 6.07) is 0.271. The van der Waals surface area contributed by atoms with E-state index < -0.39 is 0 Å². The van der Waals surface area contributed by atoms with Gasteiger partial charge in [0.05, 0.1) is 0 Å². The van der Waals surface area contributed by atoms with Gasteiger partial charge in [-0.25, -0.2) is 0 Å². The Labute approximate surface area is 72.1 Å². The predicted octanol–water partition coefficient (Wildman–Crippen LogP) is 1.19. The molecule has 3 nitrogen and oxygen atoms in total. The number of nitrogens with one attached hydrogen (secondary N) is 1. The minimum Gasteiger partial charge on any atom is -0.345 e. The molecule has 0 aromatic rings. The second kappa shape index (κ2) is 6.49. The van der Waals surface area contributed by atoms with E-state index in [1.807, 2.05) is 13.8 Å². The molecule has 3 N–H and O–H groups in total. The van der Waals surface area contributed by atoms with Gasteiger partial charge in [-0.05, 0) is 13.3 Å². The second-order valence-electron chi connectivity index (χ2n) is 2.38. The zero-order valence-electron chi connectivity index (χ0n) is 7.09. The number of hydrogen-bond donors (Lipinski definition) is 2. The summed E-state index contributed by atoms with van der Waals surface area (Å²) in [6.07, 6.45) is 0.967. The van der Waals surface area contributed by atoms with Crippen LogP contribution in [-0.4, -0.2) is 23.6 Å². The molecule has 1 atom stereocenters. The largest absolute Gasteiger partial charge is 0.345 e. The number of hydrogen-bond acceptors (Lipinski definition) is 3. The minimum absolute atomic E-state index is 0.0322. The number of amides is 1. The molecule has 0 aliphatic rings. The van der Waals surface area contributed by atoms with Gasteiger partial charge < -0.3 is 11.1 Å². The maximum Gasteiger partial charge on any atom is 0.279 e. The van der Waals surface area contributed by atoms with Crippen LogP contribution in [0.3, 0.4) is 0 Å². The van der Waals surface area contributed by atoms with Crippen molar-refractivity contribution in [3.8, 4) is 0 Å². The molecule has 4 heteroatoms. The van der Waals surface area contributed by atoms with Gasteiger partial charge in [-0.1, -0.05) is 18.7 Å². The quantitative estimate of drug-likeness (QED) is 0.676. The number of rotatable bonds is 4. The van der Waals surface area contributed by atoms with Crippen molar-refractivity contribution in [1.82, 2.24) is 5.32 Å². The van der Waals surface area contributed by atoms with Gasteiger partial charge in [-0.2, -0.15) is 0 Å². The summed E-state index contributed by atoms with van der Waals surface area (Å²) in [6.45, 7) is 4.58. The smallest absolute Gasteiger partial charge is 0.279 e. The maximum absolute atomic E-state index is 11.0. The van der Waals surface area contributed by atoms with Gasteiger partial charge in [0, 0.05) is 18.3 Å². The van der Waals surface area contributed by atoms with Gasteiger partial charge in [0.15, 0.2) is 0 Å². The molecule has 11 heavy (non-hydrogen) atoms. The highest BCUT2D eigenvalue weighted by Crippen LogP contribution is 2.01. The Bertz CT molecular complexity index is 119. The van der Waals surface area contributed by atoms with E-state index in [0.717, 1.165) is 6.42 Å². The van der Waals surface area contributed by atoms with Crippen LogP contribution in [0.25, 0.3) is 0 Å². The first-order valence-electron chi connectivity index (χ1n) is 3.84. The predicted molar refractivity (Wildman–Crippen MR) is 49.8 cm³/mol. The summed E-state index contributed by atoms with van der Waals surface area (Å²) in [5, 5.41) is 2.87. The number of carbonyl (C=O) groups excluding carboxylic acids is 1. The standard InChI is InChI=1S/C7H16N2OS/c1-3-6(2)9-7(10)11-5-4-8/h6H,3-5,8H2,1-2H3,(H,9,10). The molecule has 0 fully saturated rings. The Morgan fingerprint density at radius 1 is 1.73 bits per heavy atom. The van der Waals surface area contributed by atoms with Crippen LogP contribution in [0.5, 0.6) is 0 Å². The fraction of sp³-hybridized carbons (Fsp3) is 0.857. The molecule has 0 spiro atoms. The van der Waals surface area contributed by atoms with Crippen LogP contribution in [0.2, 0.25) is 0 Å². The third kappa shape index (κ3) is 6.19. The highest BCUT2D eigenvalue weighted by molar-refractivity contribution is 8.13. The topological polar surface area (TPSA) is 55.1 Å². The molecule has 1 amide bonds. The molecule has 0 aliphatic heterocycles. The normalized spacial score (nSPS) is 12.6. The summed E-state index contributed by atoms with van der Waals surface area (Å²) in [5.74, 6) is 0.697. The van der Waals surface area contributed by atoms with Crippen LogP contribution in [0, 0.1) is 0 Å². The summed E-state index contributed by atoms with van der Waals surface area (Å²) in [7, 11) is 0. The van der Waals surface area contributed by atoms with Crippen LogP contribution in [0.4, 0.5) is 4.79 Å². The lowest BCUT2D eigenvalue weighted by molar-refractivity contribution is 0.258. The molecule has 0 radical (unpaired) electrons. The lowest BCUT2D eigenvalue weighted by atomic mass is 10.3. The van der Waals surface area contributed by atoms with E-state index in [-0.39, 0.29) is 11.3 Å². The van der Waals surface area contributed by atoms with Crippen molar-refractivity contribution < 1.29 is 4.79 Å². The monoisotopic (exact) mass is 176 g/mol. The molecule has 0 aliphatic carbocycles. The van der Waals surface area contributed by atoms with E-state index in [9.17, 15) is 4.79 Å². The van der Waals surface area contributed by atoms with Gasteiger partial charge in [-0.3, -0.25) is 4.79 Å². The first-order valence-corrected chi connectivity index (χ1v) is 4.82.